The lowest BCUT2D eigenvalue weighted by molar-refractivity contribution is 0.268. The van der Waals surface area contributed by atoms with Crippen molar-refractivity contribution in [2.45, 2.75) is 32.7 Å². The third-order valence-corrected chi connectivity index (χ3v) is 6.35. The summed E-state index contributed by atoms with van der Waals surface area (Å²) in [7, 11) is 0. The molecule has 0 unspecified atom stereocenters. The molecule has 5 heterocycles. The van der Waals surface area contributed by atoms with E-state index >= 15 is 0 Å². The Morgan fingerprint density at radius 1 is 1.09 bits per heavy atom. The van der Waals surface area contributed by atoms with Crippen molar-refractivity contribution in [1.82, 2.24) is 29.4 Å². The monoisotopic (exact) mass is 446 g/mol. The molecule has 162 valence electrons. The van der Waals surface area contributed by atoms with Crippen LogP contribution in [0.2, 0.25) is 0 Å². The largest absolute Gasteiger partial charge is 0.366 e. The summed E-state index contributed by atoms with van der Waals surface area (Å²) < 4.78 is 1.70. The maximum Gasteiger partial charge on any atom is 0.329 e. The van der Waals surface area contributed by atoms with E-state index in [4.69, 9.17) is 17.2 Å². The van der Waals surface area contributed by atoms with Gasteiger partial charge in [-0.2, -0.15) is 0 Å². The molecule has 5 rings (SSSR count). The van der Waals surface area contributed by atoms with E-state index < -0.39 is 11.2 Å². The number of thiocarbonyl (C=S) groups is 1. The molecule has 0 aromatic carbocycles. The fourth-order valence-corrected chi connectivity index (χ4v) is 4.54. The van der Waals surface area contributed by atoms with Gasteiger partial charge in [0, 0.05) is 42.8 Å². The van der Waals surface area contributed by atoms with Gasteiger partial charge in [0.15, 0.2) is 0 Å². The van der Waals surface area contributed by atoms with Crippen LogP contribution in [0.1, 0.15) is 31.5 Å². The maximum absolute atomic E-state index is 13.0. The molecule has 0 atom stereocenters. The average molecular weight is 447 g/mol. The minimum atomic E-state index is -0.452. The van der Waals surface area contributed by atoms with E-state index in [1.54, 1.807) is 10.8 Å². The molecule has 1 saturated heterocycles. The second-order valence-electron chi connectivity index (χ2n) is 8.14. The lowest BCUT2D eigenvalue weighted by atomic mass is 10.0. The summed E-state index contributed by atoms with van der Waals surface area (Å²) in [5.74, 6) is 0. The zero-order chi connectivity index (χ0) is 22.4. The van der Waals surface area contributed by atoms with E-state index in [1.807, 2.05) is 38.1 Å². The number of pyridine rings is 3. The Morgan fingerprint density at radius 2 is 1.88 bits per heavy atom. The van der Waals surface area contributed by atoms with Crippen molar-refractivity contribution in [2.24, 2.45) is 0 Å². The molecular weight excluding hydrogens is 424 g/mol. The number of aromatic nitrogens is 5. The summed E-state index contributed by atoms with van der Waals surface area (Å²) in [5, 5.41) is 0.359. The van der Waals surface area contributed by atoms with Gasteiger partial charge in [0.1, 0.15) is 5.52 Å². The molecule has 1 fully saturated rings. The highest BCUT2D eigenvalue weighted by Gasteiger charge is 2.25. The molecule has 1 aliphatic heterocycles. The smallest absolute Gasteiger partial charge is 0.329 e. The van der Waals surface area contributed by atoms with Gasteiger partial charge >= 0.3 is 5.69 Å². The van der Waals surface area contributed by atoms with Gasteiger partial charge in [0.2, 0.25) is 0 Å². The summed E-state index contributed by atoms with van der Waals surface area (Å²) >= 11 is 5.31. The first-order chi connectivity index (χ1) is 15.4. The van der Waals surface area contributed by atoms with Crippen molar-refractivity contribution in [3.63, 3.8) is 0 Å². The SMILES string of the molecule is CC(=S)N1CCC(n2c(=O)[nH]c(=O)c3cnc4ccc(-c5ccc(C)nc5)nc4c32)CC1. The molecule has 4 aromatic heterocycles. The number of rotatable bonds is 2. The van der Waals surface area contributed by atoms with E-state index in [0.717, 1.165) is 42.2 Å². The van der Waals surface area contributed by atoms with Gasteiger partial charge in [-0.3, -0.25) is 24.3 Å². The van der Waals surface area contributed by atoms with Crippen LogP contribution in [0.5, 0.6) is 0 Å². The fourth-order valence-electron chi connectivity index (χ4n) is 4.36. The van der Waals surface area contributed by atoms with Crippen LogP contribution < -0.4 is 11.2 Å². The second kappa shape index (κ2) is 7.90. The average Bonchev–Trinajstić information content (AvgIpc) is 2.79. The summed E-state index contributed by atoms with van der Waals surface area (Å²) in [5.41, 5.74) is 3.32. The lowest BCUT2D eigenvalue weighted by Gasteiger charge is -2.34. The number of nitrogens with one attached hydrogen (secondary N) is 1. The summed E-state index contributed by atoms with van der Waals surface area (Å²) in [4.78, 5) is 44.7. The first kappa shape index (κ1) is 20.4. The van der Waals surface area contributed by atoms with Crippen molar-refractivity contribution in [2.75, 3.05) is 13.1 Å². The van der Waals surface area contributed by atoms with Crippen LogP contribution in [-0.2, 0) is 0 Å². The molecule has 0 bridgehead atoms. The number of hydrogen-bond acceptors (Lipinski definition) is 6. The molecule has 1 aliphatic rings. The molecular formula is C23H22N6O2S. The van der Waals surface area contributed by atoms with Gasteiger partial charge in [0.25, 0.3) is 5.56 Å². The van der Waals surface area contributed by atoms with Crippen molar-refractivity contribution in [3.05, 3.63) is 63.2 Å². The third kappa shape index (κ3) is 3.48. The van der Waals surface area contributed by atoms with Crippen LogP contribution in [0.15, 0.2) is 46.2 Å². The third-order valence-electron chi connectivity index (χ3n) is 6.09. The number of aryl methyl sites for hydroxylation is 1. The van der Waals surface area contributed by atoms with E-state index in [0.29, 0.717) is 27.6 Å². The first-order valence-corrected chi connectivity index (χ1v) is 11.0. The predicted molar refractivity (Wildman–Crippen MR) is 128 cm³/mol. The van der Waals surface area contributed by atoms with Crippen LogP contribution >= 0.6 is 12.2 Å². The lowest BCUT2D eigenvalue weighted by Crippen LogP contribution is -2.41. The van der Waals surface area contributed by atoms with Crippen LogP contribution in [0, 0.1) is 6.92 Å². The summed E-state index contributed by atoms with van der Waals surface area (Å²) in [6.07, 6.45) is 4.80. The van der Waals surface area contributed by atoms with Gasteiger partial charge in [0.05, 0.1) is 27.1 Å². The Balaban J connectivity index is 1.74. The quantitative estimate of drug-likeness (QED) is 0.373. The maximum atomic E-state index is 13.0. The van der Waals surface area contributed by atoms with Gasteiger partial charge in [-0.1, -0.05) is 12.2 Å². The number of aromatic amines is 1. The normalized spacial score (nSPS) is 14.9. The Hall–Kier alpha value is -3.46. The number of nitrogens with zero attached hydrogens (tertiary/aromatic N) is 5. The van der Waals surface area contributed by atoms with Crippen LogP contribution in [0.4, 0.5) is 0 Å². The summed E-state index contributed by atoms with van der Waals surface area (Å²) in [6.45, 7) is 5.38. The predicted octanol–water partition coefficient (Wildman–Crippen LogP) is 2.99. The van der Waals surface area contributed by atoms with Gasteiger partial charge in [-0.05, 0) is 51.0 Å². The molecule has 8 nitrogen and oxygen atoms in total. The van der Waals surface area contributed by atoms with E-state index in [9.17, 15) is 9.59 Å². The van der Waals surface area contributed by atoms with Crippen LogP contribution in [0.25, 0.3) is 33.2 Å². The Morgan fingerprint density at radius 3 is 2.56 bits per heavy atom. The van der Waals surface area contributed by atoms with Crippen molar-refractivity contribution >= 4 is 39.1 Å². The second-order valence-corrected chi connectivity index (χ2v) is 8.73. The first-order valence-electron chi connectivity index (χ1n) is 10.5. The molecule has 0 amide bonds. The van der Waals surface area contributed by atoms with Gasteiger partial charge < -0.3 is 4.90 Å². The molecule has 1 N–H and O–H groups in total. The Bertz CT molecular complexity index is 1470. The molecule has 0 aliphatic carbocycles. The highest BCUT2D eigenvalue weighted by molar-refractivity contribution is 7.80. The summed E-state index contributed by atoms with van der Waals surface area (Å²) in [6, 6.07) is 7.56. The Kier molecular flexibility index (Phi) is 5.05. The molecule has 32 heavy (non-hydrogen) atoms. The molecule has 0 saturated carbocycles. The number of likely N-dealkylation sites (tertiary alicyclic amines) is 1. The highest BCUT2D eigenvalue weighted by atomic mass is 32.1. The van der Waals surface area contributed by atoms with E-state index in [2.05, 4.69) is 19.9 Å². The van der Waals surface area contributed by atoms with Gasteiger partial charge in [-0.15, -0.1) is 0 Å². The minimum Gasteiger partial charge on any atom is -0.366 e. The van der Waals surface area contributed by atoms with Crippen LogP contribution in [0.3, 0.4) is 0 Å². The molecule has 0 radical (unpaired) electrons. The molecule has 0 spiro atoms. The van der Waals surface area contributed by atoms with Crippen LogP contribution in [-0.4, -0.2) is 47.5 Å². The van der Waals surface area contributed by atoms with Crippen molar-refractivity contribution in [3.8, 4) is 11.3 Å². The van der Waals surface area contributed by atoms with Gasteiger partial charge in [-0.25, -0.2) is 9.78 Å². The zero-order valence-corrected chi connectivity index (χ0v) is 18.6. The minimum absolute atomic E-state index is 0.0652. The topological polar surface area (TPSA) is 96.8 Å². The number of H-pyrrole nitrogens is 1. The zero-order valence-electron chi connectivity index (χ0n) is 17.8. The molecule has 9 heteroatoms. The fraction of sp³-hybridized carbons (Fsp3) is 0.304. The standard InChI is InChI=1S/C23H22N6O2S/c1-13-3-4-15(11-24-13)18-5-6-19-20(26-18)21-17(12-25-19)22(30)27-23(31)29(21)16-7-9-28(10-8-16)14(2)32/h3-6,11-12,16H,7-10H2,1-2H3,(H,27,30,31). The van der Waals surface area contributed by atoms with Crippen molar-refractivity contribution < 1.29 is 0 Å². The number of hydrogen-bond donors (Lipinski definition) is 1. The highest BCUT2D eigenvalue weighted by Crippen LogP contribution is 2.28. The van der Waals surface area contributed by atoms with E-state index in [1.165, 1.54) is 6.20 Å². The van der Waals surface area contributed by atoms with E-state index in [-0.39, 0.29) is 6.04 Å². The number of piperidine rings is 1. The molecule has 4 aromatic rings. The van der Waals surface area contributed by atoms with Crippen molar-refractivity contribution in [1.29, 1.82) is 0 Å². The number of fused-ring (bicyclic) bond motifs is 3. The Labute approximate surface area is 189 Å².